The Morgan fingerprint density at radius 3 is 2.71 bits per heavy atom. The summed E-state index contributed by atoms with van der Waals surface area (Å²) in [6.07, 6.45) is 0. The van der Waals surface area contributed by atoms with Crippen LogP contribution in [-0.4, -0.2) is 25.0 Å². The highest BCUT2D eigenvalue weighted by Gasteiger charge is 2.22. The summed E-state index contributed by atoms with van der Waals surface area (Å²) in [5.41, 5.74) is 0.00164. The van der Waals surface area contributed by atoms with E-state index >= 15 is 0 Å². The number of thiophene rings is 1. The van der Waals surface area contributed by atoms with Gasteiger partial charge in [0, 0.05) is 22.9 Å². The molecule has 0 bridgehead atoms. The molecule has 0 saturated carbocycles. The van der Waals surface area contributed by atoms with Crippen molar-refractivity contribution in [2.24, 2.45) is 0 Å². The molecule has 1 rings (SSSR count). The number of hydrogen-bond acceptors (Lipinski definition) is 3. The number of hydrogen-bond donors (Lipinski definition) is 2. The Morgan fingerprint density at radius 1 is 1.47 bits per heavy atom. The molecular formula is C13H22N2OS. The van der Waals surface area contributed by atoms with Crippen molar-refractivity contribution in [3.05, 3.63) is 22.4 Å². The van der Waals surface area contributed by atoms with E-state index in [9.17, 15) is 4.79 Å². The van der Waals surface area contributed by atoms with Crippen molar-refractivity contribution < 1.29 is 4.79 Å². The lowest BCUT2D eigenvalue weighted by molar-refractivity contribution is -0.120. The smallest absolute Gasteiger partial charge is 0.233 e. The fraction of sp³-hybridized carbons (Fsp3) is 0.615. The van der Waals surface area contributed by atoms with Gasteiger partial charge < -0.3 is 10.6 Å². The molecule has 0 atom stereocenters. The van der Waals surface area contributed by atoms with Crippen molar-refractivity contribution in [3.63, 3.8) is 0 Å². The topological polar surface area (TPSA) is 41.1 Å². The van der Waals surface area contributed by atoms with Crippen LogP contribution in [0.5, 0.6) is 0 Å². The lowest BCUT2D eigenvalue weighted by atomic mass is 9.91. The Kier molecular flexibility index (Phi) is 5.15. The number of amides is 1. The highest BCUT2D eigenvalue weighted by molar-refractivity contribution is 7.10. The van der Waals surface area contributed by atoms with Gasteiger partial charge in [0.1, 0.15) is 0 Å². The molecular weight excluding hydrogens is 232 g/mol. The lowest BCUT2D eigenvalue weighted by Gasteiger charge is -2.23. The van der Waals surface area contributed by atoms with Crippen molar-refractivity contribution in [2.45, 2.75) is 39.2 Å². The molecule has 1 heterocycles. The molecule has 0 unspecified atom stereocenters. The summed E-state index contributed by atoms with van der Waals surface area (Å²) in [5, 5.41) is 8.15. The molecule has 0 aliphatic heterocycles. The molecule has 4 heteroatoms. The first-order valence-corrected chi connectivity index (χ1v) is 6.84. The van der Waals surface area contributed by atoms with E-state index in [2.05, 4.69) is 35.9 Å². The Hall–Kier alpha value is -0.870. The predicted octanol–water partition coefficient (Wildman–Crippen LogP) is 2.14. The van der Waals surface area contributed by atoms with Crippen LogP contribution in [0.15, 0.2) is 17.5 Å². The van der Waals surface area contributed by atoms with Crippen LogP contribution in [-0.2, 0) is 10.2 Å². The summed E-state index contributed by atoms with van der Waals surface area (Å²) in [4.78, 5) is 12.9. The molecule has 2 N–H and O–H groups in total. The van der Waals surface area contributed by atoms with Gasteiger partial charge in [0.15, 0.2) is 0 Å². The zero-order valence-electron chi connectivity index (χ0n) is 11.0. The normalized spacial score (nSPS) is 11.8. The summed E-state index contributed by atoms with van der Waals surface area (Å²) in [6, 6.07) is 4.50. The fourth-order valence-corrected chi connectivity index (χ4v) is 2.28. The lowest BCUT2D eigenvalue weighted by Crippen LogP contribution is -2.41. The van der Waals surface area contributed by atoms with Gasteiger partial charge in [-0.3, -0.25) is 4.79 Å². The van der Waals surface area contributed by atoms with Crippen LogP contribution < -0.4 is 10.6 Å². The highest BCUT2D eigenvalue weighted by Crippen LogP contribution is 2.26. The van der Waals surface area contributed by atoms with E-state index < -0.39 is 0 Å². The van der Waals surface area contributed by atoms with Crippen LogP contribution in [0.25, 0.3) is 0 Å². The molecule has 0 aliphatic carbocycles. The third-order valence-electron chi connectivity index (χ3n) is 2.59. The van der Waals surface area contributed by atoms with Gasteiger partial charge >= 0.3 is 0 Å². The first kappa shape index (κ1) is 14.2. The van der Waals surface area contributed by atoms with E-state index in [1.165, 1.54) is 4.88 Å². The van der Waals surface area contributed by atoms with Crippen LogP contribution in [0.2, 0.25) is 0 Å². The summed E-state index contributed by atoms with van der Waals surface area (Å²) in [7, 11) is 0. The minimum Gasteiger partial charge on any atom is -0.354 e. The Balaban J connectivity index is 2.37. The molecule has 0 saturated heterocycles. The average molecular weight is 254 g/mol. The van der Waals surface area contributed by atoms with Gasteiger partial charge in [-0.25, -0.2) is 0 Å². The van der Waals surface area contributed by atoms with Gasteiger partial charge in [-0.2, -0.15) is 0 Å². The maximum atomic E-state index is 11.6. The zero-order valence-corrected chi connectivity index (χ0v) is 11.9. The van der Waals surface area contributed by atoms with Gasteiger partial charge in [-0.05, 0) is 11.4 Å². The summed E-state index contributed by atoms with van der Waals surface area (Å²) in [6.45, 7) is 9.42. The minimum atomic E-state index is 0.00164. The van der Waals surface area contributed by atoms with Crippen LogP contribution >= 0.6 is 11.3 Å². The van der Waals surface area contributed by atoms with E-state index in [0.717, 1.165) is 0 Å². The number of nitrogens with one attached hydrogen (secondary N) is 2. The summed E-state index contributed by atoms with van der Waals surface area (Å²) in [5.74, 6) is 0.0586. The quantitative estimate of drug-likeness (QED) is 0.816. The van der Waals surface area contributed by atoms with Crippen LogP contribution in [0.3, 0.4) is 0 Å². The molecule has 17 heavy (non-hydrogen) atoms. The van der Waals surface area contributed by atoms with Gasteiger partial charge in [0.2, 0.25) is 5.91 Å². The van der Waals surface area contributed by atoms with Gasteiger partial charge in [-0.1, -0.05) is 33.8 Å². The van der Waals surface area contributed by atoms with Gasteiger partial charge in [0.05, 0.1) is 6.54 Å². The molecule has 0 fully saturated rings. The molecule has 0 spiro atoms. The monoisotopic (exact) mass is 254 g/mol. The summed E-state index contributed by atoms with van der Waals surface area (Å²) < 4.78 is 0. The second-order valence-electron chi connectivity index (χ2n) is 5.17. The molecule has 0 aliphatic rings. The zero-order chi connectivity index (χ0) is 12.9. The number of carbonyl (C=O) groups excluding carboxylic acids is 1. The van der Waals surface area contributed by atoms with Crippen molar-refractivity contribution >= 4 is 17.2 Å². The molecule has 0 aromatic carbocycles. The molecule has 0 radical (unpaired) electrons. The van der Waals surface area contributed by atoms with Gasteiger partial charge in [0.25, 0.3) is 0 Å². The Bertz CT molecular complexity index is 344. The molecule has 1 aromatic heterocycles. The first-order chi connectivity index (χ1) is 7.92. The number of rotatable bonds is 6. The molecule has 96 valence electrons. The molecule has 1 amide bonds. The third kappa shape index (κ3) is 4.88. The molecule has 1 aromatic rings. The molecule has 3 nitrogen and oxygen atoms in total. The predicted molar refractivity (Wildman–Crippen MR) is 73.5 cm³/mol. The van der Waals surface area contributed by atoms with Crippen molar-refractivity contribution in [2.75, 3.05) is 13.1 Å². The number of carbonyl (C=O) groups is 1. The highest BCUT2D eigenvalue weighted by atomic mass is 32.1. The van der Waals surface area contributed by atoms with E-state index in [0.29, 0.717) is 19.1 Å². The average Bonchev–Trinajstić information content (AvgIpc) is 2.77. The second kappa shape index (κ2) is 6.17. The third-order valence-corrected chi connectivity index (χ3v) is 3.82. The maximum Gasteiger partial charge on any atom is 0.233 e. The maximum absolute atomic E-state index is 11.6. The van der Waals surface area contributed by atoms with Crippen LogP contribution in [0.4, 0.5) is 0 Å². The SMILES string of the molecule is CC(C)NCC(=O)NCC(C)(C)c1cccs1. The largest absolute Gasteiger partial charge is 0.354 e. The Morgan fingerprint density at radius 2 is 2.18 bits per heavy atom. The standard InChI is InChI=1S/C13H22N2OS/c1-10(2)14-8-12(16)15-9-13(3,4)11-6-5-7-17-11/h5-7,10,14H,8-9H2,1-4H3,(H,15,16). The van der Waals surface area contributed by atoms with E-state index in [1.807, 2.05) is 19.9 Å². The second-order valence-corrected chi connectivity index (χ2v) is 6.12. The first-order valence-electron chi connectivity index (χ1n) is 5.96. The van der Waals surface area contributed by atoms with Crippen LogP contribution in [0.1, 0.15) is 32.6 Å². The fourth-order valence-electron chi connectivity index (χ4n) is 1.43. The minimum absolute atomic E-state index is 0.00164. The van der Waals surface area contributed by atoms with E-state index in [4.69, 9.17) is 0 Å². The Labute approximate surface area is 108 Å². The van der Waals surface area contributed by atoms with Crippen LogP contribution in [0, 0.1) is 0 Å². The summed E-state index contributed by atoms with van der Waals surface area (Å²) >= 11 is 1.73. The van der Waals surface area contributed by atoms with E-state index in [1.54, 1.807) is 11.3 Å². The van der Waals surface area contributed by atoms with E-state index in [-0.39, 0.29) is 11.3 Å². The van der Waals surface area contributed by atoms with Gasteiger partial charge in [-0.15, -0.1) is 11.3 Å². The van der Waals surface area contributed by atoms with Crippen molar-refractivity contribution in [3.8, 4) is 0 Å². The van der Waals surface area contributed by atoms with Crippen molar-refractivity contribution in [1.82, 2.24) is 10.6 Å². The van der Waals surface area contributed by atoms with Crippen molar-refractivity contribution in [1.29, 1.82) is 0 Å².